The maximum Gasteiger partial charge on any atom is 0.257 e. The summed E-state index contributed by atoms with van der Waals surface area (Å²) in [6.07, 6.45) is 3.34. The number of aryl methyl sites for hydroxylation is 2. The molecule has 0 saturated carbocycles. The van der Waals surface area contributed by atoms with Gasteiger partial charge in [-0.05, 0) is 47.9 Å². The van der Waals surface area contributed by atoms with Crippen molar-refractivity contribution < 1.29 is 0 Å². The van der Waals surface area contributed by atoms with Crippen LogP contribution < -0.4 is 9.09 Å². The first-order chi connectivity index (χ1) is 16.0. The summed E-state index contributed by atoms with van der Waals surface area (Å²) in [5, 5.41) is 11.1. The number of unbranched alkanes of at least 4 members (excludes halogenated alkanes) is 1. The van der Waals surface area contributed by atoms with E-state index >= 15 is 0 Å². The molecule has 1 N–H and O–H groups in total. The Hall–Kier alpha value is -2.57. The molecule has 0 atom stereocenters. The first-order valence-corrected chi connectivity index (χ1v) is 12.5. The third kappa shape index (κ3) is 6.06. The second-order valence-electron chi connectivity index (χ2n) is 7.86. The normalized spacial score (nSPS) is 11.3. The number of allylic oxidation sites excluding steroid dienone is 1. The van der Waals surface area contributed by atoms with Crippen molar-refractivity contribution in [2.24, 2.45) is 0 Å². The highest BCUT2D eigenvalue weighted by Crippen LogP contribution is 2.24. The van der Waals surface area contributed by atoms with Gasteiger partial charge in [-0.3, -0.25) is 9.36 Å². The van der Waals surface area contributed by atoms with E-state index in [-0.39, 0.29) is 5.56 Å². The number of hydrogen-bond donors (Lipinski definition) is 2. The lowest BCUT2D eigenvalue weighted by Crippen LogP contribution is -2.31. The quantitative estimate of drug-likeness (QED) is 0.196. The largest absolute Gasteiger partial charge is 0.330 e. The molecule has 2 aromatic carbocycles. The molecular formula is C26H27IN4OS. The number of rotatable bonds is 9. The van der Waals surface area contributed by atoms with E-state index in [1.807, 2.05) is 78.3 Å². The summed E-state index contributed by atoms with van der Waals surface area (Å²) in [4.78, 5) is 18.3. The van der Waals surface area contributed by atoms with Crippen LogP contribution >= 0.6 is 35.5 Å². The Balaban J connectivity index is 1.99. The lowest BCUT2D eigenvalue weighted by atomic mass is 9.97. The molecule has 0 unspecified atom stereocenters. The topological polar surface area (TPSA) is 70.7 Å². The second kappa shape index (κ2) is 12.1. The maximum absolute atomic E-state index is 13.5. The van der Waals surface area contributed by atoms with Gasteiger partial charge in [-0.1, -0.05) is 55.8 Å². The Bertz CT molecular complexity index is 1240. The first-order valence-electron chi connectivity index (χ1n) is 10.9. The maximum atomic E-state index is 13.5. The van der Waals surface area contributed by atoms with E-state index in [0.717, 1.165) is 52.9 Å². The lowest BCUT2D eigenvalue weighted by molar-refractivity contribution is 0.651. The van der Waals surface area contributed by atoms with E-state index in [1.54, 1.807) is 9.98 Å². The molecule has 0 saturated heterocycles. The molecule has 170 valence electrons. The van der Waals surface area contributed by atoms with Gasteiger partial charge in [-0.25, -0.2) is 4.98 Å². The molecule has 33 heavy (non-hydrogen) atoms. The molecule has 0 aliphatic carbocycles. The zero-order valence-electron chi connectivity index (χ0n) is 18.8. The highest BCUT2D eigenvalue weighted by molar-refractivity contribution is 14.1. The Labute approximate surface area is 214 Å². The fourth-order valence-corrected chi connectivity index (χ4v) is 4.49. The highest BCUT2D eigenvalue weighted by Gasteiger charge is 2.16. The predicted octanol–water partition coefficient (Wildman–Crippen LogP) is 5.73. The SMILES string of the molecule is CCCCc1nc(C)n(C/C(=C/S)NI)c(=O)c1Cc1ccc(-c2ccccc2C#N)cc1. The zero-order valence-corrected chi connectivity index (χ0v) is 21.9. The van der Waals surface area contributed by atoms with Gasteiger partial charge in [0.1, 0.15) is 5.82 Å². The average molecular weight is 571 g/mol. The summed E-state index contributed by atoms with van der Waals surface area (Å²) in [5.41, 5.74) is 6.03. The van der Waals surface area contributed by atoms with Crippen molar-refractivity contribution in [1.82, 2.24) is 13.1 Å². The van der Waals surface area contributed by atoms with Crippen molar-refractivity contribution in [3.8, 4) is 17.2 Å². The van der Waals surface area contributed by atoms with Crippen molar-refractivity contribution in [1.29, 1.82) is 5.26 Å². The molecule has 0 fully saturated rings. The van der Waals surface area contributed by atoms with Crippen LogP contribution in [0.4, 0.5) is 0 Å². The van der Waals surface area contributed by atoms with Crippen molar-refractivity contribution in [2.45, 2.75) is 46.1 Å². The summed E-state index contributed by atoms with van der Waals surface area (Å²) >= 11 is 6.28. The van der Waals surface area contributed by atoms with Gasteiger partial charge in [0.25, 0.3) is 5.56 Å². The molecule has 0 spiro atoms. The molecular weight excluding hydrogens is 543 g/mol. The minimum Gasteiger partial charge on any atom is -0.330 e. The van der Waals surface area contributed by atoms with E-state index in [1.165, 1.54) is 0 Å². The Morgan fingerprint density at radius 3 is 2.61 bits per heavy atom. The van der Waals surface area contributed by atoms with Gasteiger partial charge >= 0.3 is 0 Å². The van der Waals surface area contributed by atoms with Gasteiger partial charge in [-0.2, -0.15) is 5.26 Å². The summed E-state index contributed by atoms with van der Waals surface area (Å²) in [6.45, 7) is 4.42. The van der Waals surface area contributed by atoms with Crippen molar-refractivity contribution in [3.63, 3.8) is 0 Å². The van der Waals surface area contributed by atoms with Crippen LogP contribution in [0.2, 0.25) is 0 Å². The molecule has 3 aromatic rings. The van der Waals surface area contributed by atoms with Gasteiger partial charge in [0.05, 0.1) is 46.7 Å². The molecule has 0 aliphatic rings. The molecule has 1 heterocycles. The molecule has 5 nitrogen and oxygen atoms in total. The zero-order chi connectivity index (χ0) is 23.8. The van der Waals surface area contributed by atoms with Crippen LogP contribution in [0.3, 0.4) is 0 Å². The summed E-state index contributed by atoms with van der Waals surface area (Å²) in [7, 11) is 0. The fourth-order valence-electron chi connectivity index (χ4n) is 3.78. The molecule has 0 aliphatic heterocycles. The van der Waals surface area contributed by atoms with Crippen LogP contribution in [0.15, 0.2) is 64.4 Å². The number of halogens is 1. The molecule has 3 rings (SSSR count). The molecule has 1 aromatic heterocycles. The summed E-state index contributed by atoms with van der Waals surface area (Å²) < 4.78 is 4.75. The molecule has 7 heteroatoms. The van der Waals surface area contributed by atoms with Crippen LogP contribution in [0, 0.1) is 18.3 Å². The van der Waals surface area contributed by atoms with Crippen LogP contribution in [0.1, 0.15) is 48.0 Å². The van der Waals surface area contributed by atoms with E-state index in [2.05, 4.69) is 29.2 Å². The van der Waals surface area contributed by atoms with Gasteiger partial charge in [0.15, 0.2) is 0 Å². The number of hydrogen-bond acceptors (Lipinski definition) is 5. The van der Waals surface area contributed by atoms with Crippen molar-refractivity contribution in [3.05, 3.63) is 98.2 Å². The van der Waals surface area contributed by atoms with E-state index in [9.17, 15) is 10.1 Å². The number of nitrogens with one attached hydrogen (secondary N) is 1. The van der Waals surface area contributed by atoms with Gasteiger partial charge in [0, 0.05) is 17.7 Å². The van der Waals surface area contributed by atoms with Crippen LogP contribution in [-0.4, -0.2) is 9.55 Å². The van der Waals surface area contributed by atoms with Gasteiger partial charge in [0.2, 0.25) is 0 Å². The standard InChI is InChI=1S/C26H27IN4OS/c1-3-4-9-25-24(26(32)31(18(2)29-25)16-22(17-33)30-27)14-19-10-12-20(13-11-19)23-8-6-5-7-21(23)15-28/h5-8,10-13,17,30,33H,3-4,9,14,16H2,1-2H3/b22-17-. The first kappa shape index (κ1) is 25.1. The third-order valence-electron chi connectivity index (χ3n) is 5.61. The Morgan fingerprint density at radius 1 is 1.24 bits per heavy atom. The summed E-state index contributed by atoms with van der Waals surface area (Å²) in [5.74, 6) is 0.706. The molecule has 0 radical (unpaired) electrons. The van der Waals surface area contributed by atoms with Crippen LogP contribution in [0.25, 0.3) is 11.1 Å². The smallest absolute Gasteiger partial charge is 0.257 e. The van der Waals surface area contributed by atoms with Crippen molar-refractivity contribution >= 4 is 35.5 Å². The van der Waals surface area contributed by atoms with Crippen LogP contribution in [-0.2, 0) is 19.4 Å². The van der Waals surface area contributed by atoms with E-state index in [4.69, 9.17) is 4.98 Å². The highest BCUT2D eigenvalue weighted by atomic mass is 127. The predicted molar refractivity (Wildman–Crippen MR) is 145 cm³/mol. The third-order valence-corrected chi connectivity index (χ3v) is 6.61. The molecule has 0 amide bonds. The number of aromatic nitrogens is 2. The number of nitrogens with zero attached hydrogens (tertiary/aromatic N) is 3. The average Bonchev–Trinajstić information content (AvgIpc) is 2.85. The number of nitriles is 1. The van der Waals surface area contributed by atoms with Gasteiger partial charge in [-0.15, -0.1) is 12.6 Å². The van der Waals surface area contributed by atoms with E-state index in [0.29, 0.717) is 24.4 Å². The van der Waals surface area contributed by atoms with Crippen molar-refractivity contribution in [2.75, 3.05) is 0 Å². The Morgan fingerprint density at radius 2 is 1.97 bits per heavy atom. The minimum absolute atomic E-state index is 0.00756. The lowest BCUT2D eigenvalue weighted by Gasteiger charge is -2.16. The second-order valence-corrected chi connectivity index (χ2v) is 8.66. The minimum atomic E-state index is -0.00756. The van der Waals surface area contributed by atoms with E-state index < -0.39 is 0 Å². The van der Waals surface area contributed by atoms with Gasteiger partial charge < -0.3 is 3.53 Å². The Kier molecular flexibility index (Phi) is 9.15. The number of benzene rings is 2. The van der Waals surface area contributed by atoms with Crippen LogP contribution in [0.5, 0.6) is 0 Å². The monoisotopic (exact) mass is 570 g/mol. The summed E-state index contributed by atoms with van der Waals surface area (Å²) in [6, 6.07) is 17.9. The fraction of sp³-hybridized carbons (Fsp3) is 0.269. The number of thiol groups is 1. The molecule has 0 bridgehead atoms.